The SMILES string of the molecule is Cc1ccc2nc(O[C@@H]3C[C@H]4C(=O)N[C@]5(C(=O)NS(=O)(=O)C6(C)CC6)C[C@H]5/C=C\CCCCC[C@H](Nc5cccc(F)c5)C(=O)N4C3)sc2c1. The molecule has 0 unspecified atom stereocenters. The number of rotatable bonds is 7. The van der Waals surface area contributed by atoms with E-state index in [1.807, 2.05) is 37.3 Å². The third-order valence-electron chi connectivity index (χ3n) is 10.4. The summed E-state index contributed by atoms with van der Waals surface area (Å²) in [6.07, 6.45) is 8.13. The van der Waals surface area contributed by atoms with Gasteiger partial charge in [-0.15, -0.1) is 0 Å². The Balaban J connectivity index is 1.19. The average Bonchev–Trinajstić information content (AvgIpc) is 3.88. The van der Waals surface area contributed by atoms with Gasteiger partial charge in [0.1, 0.15) is 29.5 Å². The van der Waals surface area contributed by atoms with Crippen LogP contribution < -0.4 is 20.1 Å². The number of allylic oxidation sites excluding steroid dienone is 1. The van der Waals surface area contributed by atoms with E-state index in [9.17, 15) is 27.2 Å². The highest BCUT2D eigenvalue weighted by molar-refractivity contribution is 7.91. The zero-order chi connectivity index (χ0) is 35.3. The summed E-state index contributed by atoms with van der Waals surface area (Å²) in [5.74, 6) is -2.51. The Morgan fingerprint density at radius 3 is 2.74 bits per heavy atom. The predicted octanol–water partition coefficient (Wildman–Crippen LogP) is 4.97. The van der Waals surface area contributed by atoms with Crippen LogP contribution in [0.15, 0.2) is 54.6 Å². The zero-order valence-electron chi connectivity index (χ0n) is 28.1. The Kier molecular flexibility index (Phi) is 9.12. The third kappa shape index (κ3) is 6.96. The molecule has 2 aliphatic carbocycles. The van der Waals surface area contributed by atoms with Crippen molar-refractivity contribution in [1.29, 1.82) is 0 Å². The van der Waals surface area contributed by atoms with Crippen LogP contribution in [0.1, 0.15) is 70.3 Å². The van der Waals surface area contributed by atoms with Crippen molar-refractivity contribution in [3.63, 3.8) is 0 Å². The molecular weight excluding hydrogens is 682 g/mol. The summed E-state index contributed by atoms with van der Waals surface area (Å²) in [5, 5.41) is 6.54. The van der Waals surface area contributed by atoms with Gasteiger partial charge in [0.25, 0.3) is 11.1 Å². The molecule has 4 aliphatic rings. The fraction of sp³-hybridized carbons (Fsp3) is 0.500. The lowest BCUT2D eigenvalue weighted by atomic mass is 10.0. The fourth-order valence-corrected chi connectivity index (χ4v) is 9.22. The lowest BCUT2D eigenvalue weighted by Gasteiger charge is -2.30. The largest absolute Gasteiger partial charge is 0.465 e. The highest BCUT2D eigenvalue weighted by atomic mass is 32.2. The highest BCUT2D eigenvalue weighted by Gasteiger charge is 2.63. The van der Waals surface area contributed by atoms with Gasteiger partial charge in [-0.2, -0.15) is 0 Å². The number of amides is 3. The molecular formula is C36H42FN5O6S2. The number of anilines is 1. The number of halogens is 1. The maximum atomic E-state index is 14.4. The Morgan fingerprint density at radius 2 is 1.96 bits per heavy atom. The van der Waals surface area contributed by atoms with Crippen LogP contribution >= 0.6 is 11.3 Å². The second-order valence-electron chi connectivity index (χ2n) is 14.4. The molecule has 2 aliphatic heterocycles. The molecule has 266 valence electrons. The molecule has 3 N–H and O–H groups in total. The molecule has 1 aromatic heterocycles. The summed E-state index contributed by atoms with van der Waals surface area (Å²) in [4.78, 5) is 48.6. The molecule has 11 nitrogen and oxygen atoms in total. The summed E-state index contributed by atoms with van der Waals surface area (Å²) in [5.41, 5.74) is 0.851. The van der Waals surface area contributed by atoms with Crippen molar-refractivity contribution in [2.24, 2.45) is 5.92 Å². The summed E-state index contributed by atoms with van der Waals surface area (Å²) in [6.45, 7) is 3.68. The number of carbonyl (C=O) groups is 3. The Morgan fingerprint density at radius 1 is 1.14 bits per heavy atom. The Hall–Kier alpha value is -4.04. The first-order chi connectivity index (χ1) is 23.9. The maximum absolute atomic E-state index is 14.4. The molecule has 5 atom stereocenters. The normalized spacial score (nSPS) is 28.7. The Bertz CT molecular complexity index is 1960. The van der Waals surface area contributed by atoms with Crippen LogP contribution in [-0.4, -0.2) is 71.0 Å². The topological polar surface area (TPSA) is 147 Å². The summed E-state index contributed by atoms with van der Waals surface area (Å²) >= 11 is 1.38. The molecule has 0 spiro atoms. The van der Waals surface area contributed by atoms with E-state index in [-0.39, 0.29) is 25.3 Å². The third-order valence-corrected chi connectivity index (χ3v) is 13.5. The van der Waals surface area contributed by atoms with Crippen molar-refractivity contribution in [2.75, 3.05) is 11.9 Å². The quantitative estimate of drug-likeness (QED) is 0.290. The van der Waals surface area contributed by atoms with E-state index in [2.05, 4.69) is 20.3 Å². The van der Waals surface area contributed by atoms with Crippen molar-refractivity contribution >= 4 is 55.0 Å². The molecule has 0 radical (unpaired) electrons. The van der Waals surface area contributed by atoms with Gasteiger partial charge in [-0.25, -0.2) is 17.8 Å². The number of hydrogen-bond donors (Lipinski definition) is 3. The predicted molar refractivity (Wildman–Crippen MR) is 189 cm³/mol. The monoisotopic (exact) mass is 723 g/mol. The smallest absolute Gasteiger partial charge is 0.274 e. The number of aromatic nitrogens is 1. The van der Waals surface area contributed by atoms with Gasteiger partial charge in [-0.3, -0.25) is 19.1 Å². The van der Waals surface area contributed by atoms with Crippen LogP contribution in [-0.2, 0) is 24.4 Å². The number of hydrogen-bond acceptors (Lipinski definition) is 9. The van der Waals surface area contributed by atoms with Crippen LogP contribution in [0, 0.1) is 18.7 Å². The molecule has 3 fully saturated rings. The summed E-state index contributed by atoms with van der Waals surface area (Å²) < 4.78 is 48.8. The lowest BCUT2D eigenvalue weighted by molar-refractivity contribution is -0.140. The minimum atomic E-state index is -3.95. The average molecular weight is 724 g/mol. The molecule has 0 bridgehead atoms. The zero-order valence-corrected chi connectivity index (χ0v) is 29.7. The van der Waals surface area contributed by atoms with Crippen molar-refractivity contribution in [1.82, 2.24) is 19.9 Å². The number of nitrogens with one attached hydrogen (secondary N) is 3. The second kappa shape index (κ2) is 13.3. The van der Waals surface area contributed by atoms with Gasteiger partial charge in [-0.1, -0.05) is 48.5 Å². The van der Waals surface area contributed by atoms with Crippen LogP contribution in [0.5, 0.6) is 5.19 Å². The van der Waals surface area contributed by atoms with Gasteiger partial charge >= 0.3 is 0 Å². The van der Waals surface area contributed by atoms with E-state index in [0.717, 1.165) is 35.0 Å². The number of fused-ring (bicyclic) bond motifs is 3. The first kappa shape index (κ1) is 34.4. The van der Waals surface area contributed by atoms with Crippen molar-refractivity contribution in [3.8, 4) is 5.19 Å². The number of aryl methyl sites for hydroxylation is 1. The van der Waals surface area contributed by atoms with Gasteiger partial charge < -0.3 is 20.3 Å². The molecule has 2 saturated carbocycles. The van der Waals surface area contributed by atoms with Gasteiger partial charge in [0.2, 0.25) is 21.8 Å². The number of ether oxygens (including phenoxy) is 1. The number of sulfonamides is 1. The number of carbonyl (C=O) groups excluding carboxylic acids is 3. The first-order valence-corrected chi connectivity index (χ1v) is 19.6. The molecule has 3 heterocycles. The van der Waals surface area contributed by atoms with Gasteiger partial charge in [0.15, 0.2) is 0 Å². The van der Waals surface area contributed by atoms with E-state index in [4.69, 9.17) is 4.74 Å². The Labute approximate surface area is 295 Å². The molecule has 14 heteroatoms. The fourth-order valence-electron chi connectivity index (χ4n) is 6.93. The minimum absolute atomic E-state index is 0.0858. The highest BCUT2D eigenvalue weighted by Crippen LogP contribution is 2.47. The molecule has 3 aromatic rings. The number of benzene rings is 2. The van der Waals surface area contributed by atoms with E-state index in [1.165, 1.54) is 28.4 Å². The number of nitrogens with zero attached hydrogens (tertiary/aromatic N) is 2. The van der Waals surface area contributed by atoms with Crippen LogP contribution in [0.3, 0.4) is 0 Å². The van der Waals surface area contributed by atoms with Gasteiger partial charge in [0.05, 0.1) is 21.5 Å². The van der Waals surface area contributed by atoms with Crippen LogP contribution in [0.25, 0.3) is 10.2 Å². The number of thiazole rings is 1. The van der Waals surface area contributed by atoms with Gasteiger partial charge in [0, 0.05) is 18.0 Å². The molecule has 50 heavy (non-hydrogen) atoms. The summed E-state index contributed by atoms with van der Waals surface area (Å²) in [6, 6.07) is 10.0. The van der Waals surface area contributed by atoms with E-state index < -0.39 is 62.0 Å². The maximum Gasteiger partial charge on any atom is 0.274 e. The van der Waals surface area contributed by atoms with Crippen molar-refractivity contribution in [2.45, 2.75) is 100 Å². The van der Waals surface area contributed by atoms with E-state index >= 15 is 0 Å². The standard InChI is InChI=1S/C36H42FN5O6S2/c1-22-13-14-27-30(17-22)49-34(39-27)48-26-19-29-31(43)40-36(33(45)41-50(46,47)35(2)15-16-35)20-23(36)9-6-4-3-5-7-12-28(32(44)42(29)21-26)38-25-11-8-10-24(37)18-25/h6,8-11,13-14,17-18,23,26,28-29,38H,3-5,7,12,15-16,19-21H2,1-2H3,(H,40,43)(H,41,45)/b9-6-/t23-,26-,28+,29+,36-/m1/s1. The van der Waals surface area contributed by atoms with Crippen LogP contribution in [0.2, 0.25) is 0 Å². The first-order valence-electron chi connectivity index (χ1n) is 17.3. The van der Waals surface area contributed by atoms with E-state index in [0.29, 0.717) is 36.6 Å². The molecule has 2 aromatic carbocycles. The molecule has 7 rings (SSSR count). The van der Waals surface area contributed by atoms with E-state index in [1.54, 1.807) is 19.1 Å². The van der Waals surface area contributed by atoms with Crippen LogP contribution in [0.4, 0.5) is 10.1 Å². The van der Waals surface area contributed by atoms with Gasteiger partial charge in [-0.05, 0) is 88.3 Å². The summed E-state index contributed by atoms with van der Waals surface area (Å²) in [7, 11) is -3.95. The van der Waals surface area contributed by atoms with Crippen molar-refractivity contribution in [3.05, 3.63) is 66.0 Å². The second-order valence-corrected chi connectivity index (χ2v) is 17.6. The molecule has 1 saturated heterocycles. The van der Waals surface area contributed by atoms with Crippen molar-refractivity contribution < 1.29 is 31.9 Å². The minimum Gasteiger partial charge on any atom is -0.465 e. The lowest BCUT2D eigenvalue weighted by Crippen LogP contribution is -2.58. The molecule has 3 amide bonds.